The molecule has 0 saturated carbocycles. The summed E-state index contributed by atoms with van der Waals surface area (Å²) in [6.45, 7) is 21.9. The van der Waals surface area contributed by atoms with Gasteiger partial charge in [0.1, 0.15) is 59.2 Å². The van der Waals surface area contributed by atoms with Gasteiger partial charge in [0.25, 0.3) is 11.4 Å². The number of carboxylic acid groups (broad SMARTS) is 1. The minimum Gasteiger partial charge on any atom is -0.489 e. The Morgan fingerprint density at radius 1 is 0.548 bits per heavy atom. The van der Waals surface area contributed by atoms with E-state index in [-0.39, 0.29) is 49.2 Å². The van der Waals surface area contributed by atoms with Crippen molar-refractivity contribution in [1.29, 1.82) is 0 Å². The molecule has 3 amide bonds. The Morgan fingerprint density at radius 3 is 1.40 bits per heavy atom. The van der Waals surface area contributed by atoms with Gasteiger partial charge in [-0.1, -0.05) is 80.2 Å². The molecule has 0 aromatic heterocycles. The Bertz CT molecular complexity index is 3540. The summed E-state index contributed by atoms with van der Waals surface area (Å²) in [5.74, 6) is -1.82. The zero-order valence-electron chi connectivity index (χ0n) is 53.7. The van der Waals surface area contributed by atoms with E-state index in [0.29, 0.717) is 47.7 Å². The molecule has 0 unspecified atom stereocenters. The van der Waals surface area contributed by atoms with Crippen molar-refractivity contribution >= 4 is 71.2 Å². The molecule has 0 fully saturated rings. The quantitative estimate of drug-likeness (QED) is 0.0269. The second kappa shape index (κ2) is 33.0. The minimum absolute atomic E-state index is 0. The smallest absolute Gasteiger partial charge is 0.408 e. The summed E-state index contributed by atoms with van der Waals surface area (Å²) in [7, 11) is 0. The van der Waals surface area contributed by atoms with Crippen molar-refractivity contribution in [2.24, 2.45) is 0 Å². The predicted octanol–water partition coefficient (Wildman–Crippen LogP) is 13.9. The van der Waals surface area contributed by atoms with Crippen molar-refractivity contribution in [2.75, 3.05) is 23.3 Å². The maximum absolute atomic E-state index is 13.7. The molecule has 6 aromatic rings. The number of hydrogen-bond acceptors (Lipinski definition) is 17. The molecule has 24 heteroatoms. The molecule has 500 valence electrons. The van der Waals surface area contributed by atoms with Crippen LogP contribution in [0.2, 0.25) is 0 Å². The third kappa shape index (κ3) is 24.4. The van der Waals surface area contributed by atoms with Gasteiger partial charge in [-0.25, -0.2) is 14.4 Å². The number of nitrogens with zero attached hydrogens (tertiary/aromatic N) is 3. The first-order valence-electron chi connectivity index (χ1n) is 29.5. The van der Waals surface area contributed by atoms with E-state index in [1.807, 2.05) is 91.0 Å². The summed E-state index contributed by atoms with van der Waals surface area (Å²) >= 11 is 0. The van der Waals surface area contributed by atoms with E-state index >= 15 is 0 Å². The van der Waals surface area contributed by atoms with Crippen LogP contribution in [0.4, 0.5) is 32.3 Å². The molecule has 6 aromatic carbocycles. The molecule has 23 nitrogen and oxygen atoms in total. The summed E-state index contributed by atoms with van der Waals surface area (Å²) in [4.78, 5) is 97.1. The lowest BCUT2D eigenvalue weighted by molar-refractivity contribution is -0.384. The average molecular weight is 1310 g/mol. The molecule has 2 atom stereocenters. The fourth-order valence-corrected chi connectivity index (χ4v) is 9.35. The van der Waals surface area contributed by atoms with Gasteiger partial charge in [-0.05, 0) is 178 Å². The van der Waals surface area contributed by atoms with Crippen LogP contribution in [0.25, 0.3) is 22.3 Å². The van der Waals surface area contributed by atoms with Crippen LogP contribution < -0.4 is 30.3 Å². The number of anilines is 2. The van der Waals surface area contributed by atoms with Crippen molar-refractivity contribution in [3.8, 4) is 33.8 Å². The normalized spacial score (nSPS) is 12.8. The molecule has 0 bridgehead atoms. The van der Waals surface area contributed by atoms with Crippen molar-refractivity contribution in [3.05, 3.63) is 176 Å². The van der Waals surface area contributed by atoms with Gasteiger partial charge in [0, 0.05) is 36.6 Å². The van der Waals surface area contributed by atoms with E-state index < -0.39 is 81.8 Å². The first-order valence-corrected chi connectivity index (χ1v) is 29.5. The Kier molecular flexibility index (Phi) is 26.9. The number of ether oxygens (including phenoxy) is 6. The fourth-order valence-electron chi connectivity index (χ4n) is 9.35. The van der Waals surface area contributed by atoms with Gasteiger partial charge in [0.2, 0.25) is 5.91 Å². The number of alkyl carbamates (subject to hydrolysis) is 2. The monoisotopic (exact) mass is 1300 g/mol. The summed E-state index contributed by atoms with van der Waals surface area (Å²) in [5, 5.41) is 40.3. The number of nitro benzene ring substituents is 2. The van der Waals surface area contributed by atoms with Crippen LogP contribution in [0.15, 0.2) is 133 Å². The molecule has 2 aliphatic heterocycles. The number of aliphatic carboxylic acids is 1. The van der Waals surface area contributed by atoms with Crippen molar-refractivity contribution < 1.29 is 72.1 Å². The third-order valence-electron chi connectivity index (χ3n) is 13.1. The zero-order valence-corrected chi connectivity index (χ0v) is 54.6. The molecule has 93 heavy (non-hydrogen) atoms. The van der Waals surface area contributed by atoms with Crippen LogP contribution in [-0.4, -0.2) is 98.5 Å². The number of carbonyl (C=O) groups is 6. The topological polar surface area (TPSA) is 304 Å². The molecule has 2 heterocycles. The minimum atomic E-state index is -1.39. The first-order chi connectivity index (χ1) is 42.6. The molecular formula is C69H85ClN6O17. The highest BCUT2D eigenvalue weighted by atomic mass is 35.5. The number of hydrogen-bond donors (Lipinski definition) is 4. The van der Waals surface area contributed by atoms with Crippen molar-refractivity contribution in [1.82, 2.24) is 10.6 Å². The number of carbonyl (C=O) groups excluding carboxylic acids is 5. The summed E-state index contributed by atoms with van der Waals surface area (Å²) in [5.41, 5.74) is 5.07. The Balaban J connectivity index is 0.000000325. The van der Waals surface area contributed by atoms with Crippen LogP contribution in [-0.2, 0) is 64.2 Å². The van der Waals surface area contributed by atoms with E-state index in [0.717, 1.165) is 46.7 Å². The van der Waals surface area contributed by atoms with Gasteiger partial charge in [-0.15, -0.1) is 12.4 Å². The second-order valence-electron chi connectivity index (χ2n) is 25.4. The Morgan fingerprint density at radius 2 is 0.968 bits per heavy atom. The van der Waals surface area contributed by atoms with Gasteiger partial charge in [0.05, 0.1) is 33.8 Å². The average Bonchev–Trinajstić information content (AvgIpc) is 1.79. The van der Waals surface area contributed by atoms with Crippen LogP contribution >= 0.6 is 12.4 Å². The number of carboxylic acids is 1. The van der Waals surface area contributed by atoms with E-state index in [1.165, 1.54) is 16.5 Å². The molecule has 0 spiro atoms. The van der Waals surface area contributed by atoms with Crippen LogP contribution in [0.5, 0.6) is 11.5 Å². The SMILES string of the molecule is C.CC(C)(C)OC(=O)C[C@@H](NC(=O)OC(C)(C)C)C(=O)N1CCc2cc(OCc3ccc(-c4ccccc4)c([N+](=O)[O-])c3)ccc21.CC(C)(C)OC(=O)C[C@@H](NC(=O)OC(C)(C)C)C(=O)O.Cl.O=[N+]([O-])c1cc(COc2ccc3c(c2)CCN3)ccc1-c1ccccc1. The number of nitro groups is 2. The van der Waals surface area contributed by atoms with Crippen molar-refractivity contribution in [2.45, 2.75) is 164 Å². The predicted molar refractivity (Wildman–Crippen MR) is 356 cm³/mol. The highest BCUT2D eigenvalue weighted by Crippen LogP contribution is 2.36. The Labute approximate surface area is 548 Å². The van der Waals surface area contributed by atoms with E-state index in [9.17, 15) is 49.0 Å². The molecule has 2 aliphatic rings. The fraction of sp³-hybridized carbons (Fsp3) is 0.391. The van der Waals surface area contributed by atoms with Gasteiger partial charge >= 0.3 is 30.1 Å². The number of nitrogens with one attached hydrogen (secondary N) is 3. The third-order valence-corrected chi connectivity index (χ3v) is 13.1. The standard InChI is InChI=1S/C34H39N3O8.C21H18N2O3.C13H23NO6.CH4.ClH/c1-33(2,3)44-30(38)20-27(35-32(40)45-34(4,5)6)31(39)36-17-16-24-19-25(13-15-28(24)36)43-21-22-12-14-26(29(18-22)37(41)42)23-10-8-7-9-11-23;24-23(25)21-12-15(6-8-19(21)16-4-2-1-3-5-16)14-26-18-7-9-20-17(13-18)10-11-22-20;1-12(2,3)19-9(15)7-8(10(16)17)14-11(18)20-13(4,5)6;;/h7-15,18-19,27H,16-17,20-21H2,1-6H3,(H,35,40);1-9,12-13,22H,10-11,14H2;8H,7H2,1-6H3,(H,14,18)(H,16,17);1H4;1H/t27-;;8-;;/m1.1../s1. The second-order valence-corrected chi connectivity index (χ2v) is 25.4. The van der Waals surface area contributed by atoms with E-state index in [1.54, 1.807) is 119 Å². The lowest BCUT2D eigenvalue weighted by atomic mass is 10.0. The summed E-state index contributed by atoms with van der Waals surface area (Å²) in [6.07, 6.45) is -1.02. The van der Waals surface area contributed by atoms with Crippen LogP contribution in [0.3, 0.4) is 0 Å². The zero-order chi connectivity index (χ0) is 67.0. The molecule has 8 rings (SSSR count). The number of amides is 3. The summed E-state index contributed by atoms with van der Waals surface area (Å²) in [6, 6.07) is 37.5. The molecule has 0 radical (unpaired) electrons. The molecule has 4 N–H and O–H groups in total. The summed E-state index contributed by atoms with van der Waals surface area (Å²) < 4.78 is 32.5. The largest absolute Gasteiger partial charge is 0.489 e. The lowest BCUT2D eigenvalue weighted by Crippen LogP contribution is -2.50. The van der Waals surface area contributed by atoms with Crippen LogP contribution in [0, 0.1) is 20.2 Å². The van der Waals surface area contributed by atoms with Gasteiger partial charge in [0.15, 0.2) is 0 Å². The lowest BCUT2D eigenvalue weighted by Gasteiger charge is -2.27. The number of esters is 2. The first kappa shape index (κ1) is 75.7. The highest BCUT2D eigenvalue weighted by molar-refractivity contribution is 6.02. The number of fused-ring (bicyclic) bond motifs is 2. The Hall–Kier alpha value is -9.77. The maximum Gasteiger partial charge on any atom is 0.408 e. The van der Waals surface area contributed by atoms with Gasteiger partial charge in [-0.2, -0.15) is 0 Å². The molecule has 0 aliphatic carbocycles. The molecular weight excluding hydrogens is 1220 g/mol. The maximum atomic E-state index is 13.7. The number of benzene rings is 6. The van der Waals surface area contributed by atoms with Gasteiger partial charge in [-0.3, -0.25) is 34.6 Å². The van der Waals surface area contributed by atoms with Crippen molar-refractivity contribution in [3.63, 3.8) is 0 Å². The highest BCUT2D eigenvalue weighted by Gasteiger charge is 2.36. The number of halogens is 1. The van der Waals surface area contributed by atoms with Crippen LogP contribution in [0.1, 0.15) is 126 Å². The van der Waals surface area contributed by atoms with Gasteiger partial charge < -0.3 is 54.4 Å². The van der Waals surface area contributed by atoms with E-state index in [2.05, 4.69) is 16.0 Å². The van der Waals surface area contributed by atoms with E-state index in [4.69, 9.17) is 33.5 Å². The molecule has 0 saturated heterocycles. The number of rotatable bonds is 18.